The maximum Gasteiger partial charge on any atom is 1.00 e. The van der Waals surface area contributed by atoms with Gasteiger partial charge in [-0.25, -0.2) is 13.8 Å². The standard InChI is InChI=1S/C24H31N7O3S.Na.H/c1-29-11-8-19(9-12-29)31(20-15-26-30(16-20)13-10-25)35(33,34)28-24(32)27-23-21-6-2-4-17(21)14-18-5-3-7-22(18)23;;/h14-16,19H,2-9,11-13H2,1H3,(H2,27,28,32);;/q;+1;-1. The first-order valence-corrected chi connectivity index (χ1v) is 13.7. The Morgan fingerprint density at radius 1 is 1.19 bits per heavy atom. The number of carbonyl (C=O) groups is 1. The summed E-state index contributed by atoms with van der Waals surface area (Å²) in [4.78, 5) is 15.3. The second-order valence-electron chi connectivity index (χ2n) is 9.68. The topological polar surface area (TPSA) is 123 Å². The third-order valence-corrected chi connectivity index (χ3v) is 8.79. The Hall–Kier alpha value is -2.10. The first-order valence-electron chi connectivity index (χ1n) is 12.2. The smallest absolute Gasteiger partial charge is 1.00 e. The molecule has 2 amide bonds. The zero-order valence-corrected chi connectivity index (χ0v) is 23.8. The summed E-state index contributed by atoms with van der Waals surface area (Å²) in [7, 11) is -2.22. The molecule has 3 aliphatic rings. The molecule has 2 aliphatic carbocycles. The first-order chi connectivity index (χ1) is 16.9. The van der Waals surface area contributed by atoms with E-state index in [-0.39, 0.29) is 43.6 Å². The van der Waals surface area contributed by atoms with Crippen molar-refractivity contribution in [1.82, 2.24) is 19.4 Å². The molecular formula is C24H32N7NaO3S. The molecule has 1 fully saturated rings. The molecule has 5 rings (SSSR count). The molecule has 188 valence electrons. The van der Waals surface area contributed by atoms with Crippen LogP contribution >= 0.6 is 0 Å². The summed E-state index contributed by atoms with van der Waals surface area (Å²) < 4.78 is 32.1. The number of likely N-dealkylation sites (tertiary alicyclic amines) is 1. The number of anilines is 2. The predicted octanol–water partition coefficient (Wildman–Crippen LogP) is -0.532. The maximum absolute atomic E-state index is 13.6. The van der Waals surface area contributed by atoms with Crippen molar-refractivity contribution >= 4 is 27.6 Å². The number of nitrogens with one attached hydrogen (secondary N) is 2. The molecule has 1 saturated heterocycles. The average molecular weight is 522 g/mol. The van der Waals surface area contributed by atoms with Crippen LogP contribution in [0.2, 0.25) is 0 Å². The van der Waals surface area contributed by atoms with Gasteiger partial charge in [0.25, 0.3) is 0 Å². The van der Waals surface area contributed by atoms with Crippen LogP contribution in [0.15, 0.2) is 18.5 Å². The van der Waals surface area contributed by atoms with E-state index in [0.717, 1.165) is 68.4 Å². The summed E-state index contributed by atoms with van der Waals surface area (Å²) in [5, 5.41) is 16.0. The van der Waals surface area contributed by atoms with Gasteiger partial charge in [0.1, 0.15) is 6.54 Å². The Morgan fingerprint density at radius 3 is 2.44 bits per heavy atom. The number of nitrogens with zero attached hydrogens (tertiary/aromatic N) is 5. The van der Waals surface area contributed by atoms with E-state index >= 15 is 0 Å². The minimum atomic E-state index is -4.23. The number of rotatable bonds is 6. The van der Waals surface area contributed by atoms with Crippen LogP contribution in [0.3, 0.4) is 0 Å². The molecule has 0 atom stereocenters. The van der Waals surface area contributed by atoms with Crippen molar-refractivity contribution in [3.05, 3.63) is 40.7 Å². The molecule has 12 heteroatoms. The molecule has 1 aromatic heterocycles. The number of fused-ring (bicyclic) bond motifs is 2. The summed E-state index contributed by atoms with van der Waals surface area (Å²) in [5.74, 6) is 0. The van der Waals surface area contributed by atoms with E-state index in [9.17, 15) is 13.2 Å². The Balaban J connectivity index is 0.00000190. The summed E-state index contributed by atoms with van der Waals surface area (Å²) in [6.45, 7) is 1.51. The van der Waals surface area contributed by atoms with Crippen LogP contribution in [0.25, 0.3) is 0 Å². The van der Waals surface area contributed by atoms with E-state index in [1.54, 1.807) is 0 Å². The second kappa shape index (κ2) is 11.1. The largest absolute Gasteiger partial charge is 1.00 e. The van der Waals surface area contributed by atoms with Crippen molar-refractivity contribution in [2.24, 2.45) is 0 Å². The molecule has 2 N–H and O–H groups in total. The van der Waals surface area contributed by atoms with Gasteiger partial charge in [0.05, 0.1) is 24.2 Å². The van der Waals surface area contributed by atoms with Gasteiger partial charge in [-0.1, -0.05) is 6.07 Å². The van der Waals surface area contributed by atoms with Gasteiger partial charge in [-0.05, 0) is 93.8 Å². The summed E-state index contributed by atoms with van der Waals surface area (Å²) in [6, 6.07) is 3.21. The van der Waals surface area contributed by atoms with Crippen LogP contribution in [0.5, 0.6) is 0 Å². The van der Waals surface area contributed by atoms with Crippen LogP contribution in [0.4, 0.5) is 16.2 Å². The Labute approximate surface area is 236 Å². The van der Waals surface area contributed by atoms with Crippen LogP contribution in [-0.4, -0.2) is 55.3 Å². The van der Waals surface area contributed by atoms with Gasteiger partial charge in [-0.15, -0.1) is 0 Å². The van der Waals surface area contributed by atoms with Crippen molar-refractivity contribution in [2.75, 3.05) is 29.8 Å². The molecule has 0 unspecified atom stereocenters. The number of amides is 2. The van der Waals surface area contributed by atoms with Gasteiger partial charge in [0, 0.05) is 11.7 Å². The number of carbonyl (C=O) groups excluding carboxylic acids is 1. The molecule has 2 aromatic rings. The van der Waals surface area contributed by atoms with Crippen LogP contribution in [0.1, 0.15) is 49.4 Å². The molecule has 1 aromatic carbocycles. The van der Waals surface area contributed by atoms with Crippen LogP contribution in [0, 0.1) is 11.3 Å². The van der Waals surface area contributed by atoms with E-state index in [4.69, 9.17) is 5.26 Å². The van der Waals surface area contributed by atoms with Crippen molar-refractivity contribution in [3.63, 3.8) is 0 Å². The maximum atomic E-state index is 13.6. The van der Waals surface area contributed by atoms with Gasteiger partial charge in [-0.3, -0.25) is 4.68 Å². The van der Waals surface area contributed by atoms with Gasteiger partial charge < -0.3 is 11.6 Å². The molecule has 0 bridgehead atoms. The summed E-state index contributed by atoms with van der Waals surface area (Å²) >= 11 is 0. The van der Waals surface area contributed by atoms with E-state index in [1.165, 1.54) is 32.5 Å². The van der Waals surface area contributed by atoms with Gasteiger partial charge in [0.15, 0.2) is 0 Å². The molecule has 1 aliphatic heterocycles. The fraction of sp³-hybridized carbons (Fsp3) is 0.542. The number of benzene rings is 1. The van der Waals surface area contributed by atoms with E-state index in [1.807, 2.05) is 13.1 Å². The quantitative estimate of drug-likeness (QED) is 0.493. The fourth-order valence-electron chi connectivity index (χ4n) is 5.67. The number of aromatic nitrogens is 2. The molecule has 0 spiro atoms. The minimum Gasteiger partial charge on any atom is -1.00 e. The van der Waals surface area contributed by atoms with Gasteiger partial charge in [-0.2, -0.15) is 18.8 Å². The Kier molecular flexibility index (Phi) is 8.32. The van der Waals surface area contributed by atoms with Crippen molar-refractivity contribution in [2.45, 2.75) is 64.0 Å². The van der Waals surface area contributed by atoms with Crippen LogP contribution in [-0.2, 0) is 42.4 Å². The van der Waals surface area contributed by atoms with Crippen molar-refractivity contribution in [1.29, 1.82) is 5.26 Å². The SMILES string of the molecule is CN1CCC(N(c2cnn(CC#N)c2)S(=O)(=O)NC(=O)Nc2c3c(cc4c2CCC4)CCC3)CC1.[H-].[Na+]. The van der Waals surface area contributed by atoms with E-state index < -0.39 is 16.2 Å². The van der Waals surface area contributed by atoms with Crippen LogP contribution < -0.4 is 43.9 Å². The fourth-order valence-corrected chi connectivity index (χ4v) is 7.03. The monoisotopic (exact) mass is 521 g/mol. The number of piperidine rings is 1. The predicted molar refractivity (Wildman–Crippen MR) is 134 cm³/mol. The zero-order valence-electron chi connectivity index (χ0n) is 22.0. The van der Waals surface area contributed by atoms with Crippen molar-refractivity contribution < 1.29 is 44.2 Å². The molecule has 0 radical (unpaired) electrons. The Bertz CT molecular complexity index is 1250. The minimum absolute atomic E-state index is 0. The Morgan fingerprint density at radius 2 is 1.83 bits per heavy atom. The normalized spacial score (nSPS) is 17.6. The molecule has 2 heterocycles. The zero-order chi connectivity index (χ0) is 24.6. The molecular weight excluding hydrogens is 489 g/mol. The average Bonchev–Trinajstić information content (AvgIpc) is 3.56. The third-order valence-electron chi connectivity index (χ3n) is 7.32. The third kappa shape index (κ3) is 5.43. The number of urea groups is 1. The number of hydrogen-bond acceptors (Lipinski definition) is 6. The second-order valence-corrected chi connectivity index (χ2v) is 11.2. The summed E-state index contributed by atoms with van der Waals surface area (Å²) in [6.07, 6.45) is 10.1. The number of hydrogen-bond donors (Lipinski definition) is 2. The van der Waals surface area contributed by atoms with Gasteiger partial charge >= 0.3 is 45.8 Å². The summed E-state index contributed by atoms with van der Waals surface area (Å²) in [5.41, 5.74) is 5.96. The molecule has 36 heavy (non-hydrogen) atoms. The van der Waals surface area contributed by atoms with E-state index in [0.29, 0.717) is 18.5 Å². The molecule has 0 saturated carbocycles. The number of aryl methyl sites for hydroxylation is 2. The molecule has 10 nitrogen and oxygen atoms in total. The van der Waals surface area contributed by atoms with Crippen molar-refractivity contribution in [3.8, 4) is 6.07 Å². The van der Waals surface area contributed by atoms with E-state index in [2.05, 4.69) is 26.1 Å². The number of nitriles is 1. The van der Waals surface area contributed by atoms with Gasteiger partial charge in [0.2, 0.25) is 0 Å². The first kappa shape index (κ1) is 26.9.